The Labute approximate surface area is 93.4 Å². The maximum atomic E-state index is 11.5. The minimum Gasteiger partial charge on any atom is -0.326 e. The lowest BCUT2D eigenvalue weighted by Crippen LogP contribution is -2.30. The average molecular weight is 212 g/mol. The first-order chi connectivity index (χ1) is 7.16. The summed E-state index contributed by atoms with van der Waals surface area (Å²) in [6.07, 6.45) is 7.73. The van der Waals surface area contributed by atoms with Gasteiger partial charge in [-0.2, -0.15) is 0 Å². The predicted molar refractivity (Wildman–Crippen MR) is 63.0 cm³/mol. The quantitative estimate of drug-likeness (QED) is 0.621. The zero-order chi connectivity index (χ0) is 11.3. The molecule has 1 fully saturated rings. The smallest absolute Gasteiger partial charge is 0.319 e. The van der Waals surface area contributed by atoms with E-state index >= 15 is 0 Å². The van der Waals surface area contributed by atoms with E-state index in [1.165, 1.54) is 32.1 Å². The normalized spacial score (nSPS) is 21.5. The molecule has 0 aromatic carbocycles. The van der Waals surface area contributed by atoms with Gasteiger partial charge < -0.3 is 9.80 Å². The Kier molecular flexibility index (Phi) is 4.92. The lowest BCUT2D eigenvalue weighted by atomic mass is 10.1. The highest BCUT2D eigenvalue weighted by molar-refractivity contribution is 5.76. The van der Waals surface area contributed by atoms with Crippen molar-refractivity contribution < 1.29 is 4.79 Å². The minimum absolute atomic E-state index is 0.175. The topological polar surface area (TPSA) is 23.6 Å². The Morgan fingerprint density at radius 3 is 2.40 bits per heavy atom. The summed E-state index contributed by atoms with van der Waals surface area (Å²) in [6, 6.07) is 0.623. The first kappa shape index (κ1) is 12.3. The molecule has 0 radical (unpaired) electrons. The van der Waals surface area contributed by atoms with Crippen LogP contribution in [0.4, 0.5) is 4.79 Å². The van der Waals surface area contributed by atoms with Gasteiger partial charge in [0.25, 0.3) is 0 Å². The first-order valence-electron chi connectivity index (χ1n) is 6.14. The molecule has 0 aromatic rings. The third-order valence-electron chi connectivity index (χ3n) is 3.30. The Morgan fingerprint density at radius 1 is 1.20 bits per heavy atom. The van der Waals surface area contributed by atoms with E-state index in [0.717, 1.165) is 13.0 Å². The Bertz CT molecular complexity index is 206. The first-order valence-corrected chi connectivity index (χ1v) is 6.14. The summed E-state index contributed by atoms with van der Waals surface area (Å²) >= 11 is 0. The number of carbonyl (C=O) groups is 1. The number of unbranched alkanes of at least 4 members (excludes halogenated alkanes) is 4. The van der Waals surface area contributed by atoms with Gasteiger partial charge in [0, 0.05) is 20.6 Å². The van der Waals surface area contributed by atoms with Gasteiger partial charge in [0.2, 0.25) is 0 Å². The van der Waals surface area contributed by atoms with Crippen molar-refractivity contribution in [1.82, 2.24) is 9.80 Å². The number of urea groups is 1. The molecule has 1 heterocycles. The highest BCUT2D eigenvalue weighted by atomic mass is 16.2. The van der Waals surface area contributed by atoms with E-state index in [-0.39, 0.29) is 6.03 Å². The van der Waals surface area contributed by atoms with Gasteiger partial charge in [-0.25, -0.2) is 4.79 Å². The van der Waals surface area contributed by atoms with Crippen molar-refractivity contribution in [2.24, 2.45) is 0 Å². The molecule has 15 heavy (non-hydrogen) atoms. The van der Waals surface area contributed by atoms with Crippen LogP contribution in [0, 0.1) is 0 Å². The van der Waals surface area contributed by atoms with Crippen LogP contribution in [0.5, 0.6) is 0 Å². The van der Waals surface area contributed by atoms with E-state index in [2.05, 4.69) is 6.92 Å². The molecule has 1 unspecified atom stereocenters. The summed E-state index contributed by atoms with van der Waals surface area (Å²) in [6.45, 7) is 3.14. The van der Waals surface area contributed by atoms with E-state index in [4.69, 9.17) is 0 Å². The van der Waals surface area contributed by atoms with Crippen LogP contribution in [0.2, 0.25) is 0 Å². The van der Waals surface area contributed by atoms with Gasteiger partial charge in [0.1, 0.15) is 0 Å². The van der Waals surface area contributed by atoms with Gasteiger partial charge >= 0.3 is 6.03 Å². The van der Waals surface area contributed by atoms with E-state index in [1.807, 2.05) is 23.9 Å². The van der Waals surface area contributed by atoms with Crippen molar-refractivity contribution in [3.63, 3.8) is 0 Å². The Morgan fingerprint density at radius 2 is 1.87 bits per heavy atom. The second kappa shape index (κ2) is 5.99. The van der Waals surface area contributed by atoms with Gasteiger partial charge in [-0.05, 0) is 6.42 Å². The SMILES string of the molecule is CCCCCCCC1CN(C)C(=O)N1C. The molecule has 0 saturated carbocycles. The van der Waals surface area contributed by atoms with E-state index < -0.39 is 0 Å². The monoisotopic (exact) mass is 212 g/mol. The molecule has 1 aliphatic heterocycles. The second-order valence-corrected chi connectivity index (χ2v) is 4.63. The molecule has 0 aliphatic carbocycles. The average Bonchev–Trinajstić information content (AvgIpc) is 2.46. The largest absolute Gasteiger partial charge is 0.326 e. The zero-order valence-corrected chi connectivity index (χ0v) is 10.3. The van der Waals surface area contributed by atoms with Gasteiger partial charge in [0.05, 0.1) is 6.04 Å². The Balaban J connectivity index is 2.14. The molecule has 3 heteroatoms. The molecular weight excluding hydrogens is 188 g/mol. The fourth-order valence-electron chi connectivity index (χ4n) is 2.21. The van der Waals surface area contributed by atoms with E-state index in [9.17, 15) is 4.79 Å². The third-order valence-corrected chi connectivity index (χ3v) is 3.30. The van der Waals surface area contributed by atoms with Crippen molar-refractivity contribution >= 4 is 6.03 Å². The third kappa shape index (κ3) is 3.40. The van der Waals surface area contributed by atoms with Crippen molar-refractivity contribution in [3.05, 3.63) is 0 Å². The highest BCUT2D eigenvalue weighted by Crippen LogP contribution is 2.17. The predicted octanol–water partition coefficient (Wildman–Crippen LogP) is 2.71. The van der Waals surface area contributed by atoms with E-state index in [1.54, 1.807) is 0 Å². The minimum atomic E-state index is 0.175. The summed E-state index contributed by atoms with van der Waals surface area (Å²) < 4.78 is 0. The fourth-order valence-corrected chi connectivity index (χ4v) is 2.21. The van der Waals surface area contributed by atoms with Crippen molar-refractivity contribution in [3.8, 4) is 0 Å². The van der Waals surface area contributed by atoms with Crippen molar-refractivity contribution in [2.45, 2.75) is 51.5 Å². The molecule has 0 aromatic heterocycles. The summed E-state index contributed by atoms with van der Waals surface area (Å²) in [5, 5.41) is 0. The number of hydrogen-bond donors (Lipinski definition) is 0. The number of amides is 2. The molecule has 0 bridgehead atoms. The maximum Gasteiger partial charge on any atom is 0.319 e. The van der Waals surface area contributed by atoms with Crippen LogP contribution < -0.4 is 0 Å². The lowest BCUT2D eigenvalue weighted by molar-refractivity contribution is 0.200. The van der Waals surface area contributed by atoms with Crippen LogP contribution >= 0.6 is 0 Å². The van der Waals surface area contributed by atoms with Crippen LogP contribution in [-0.2, 0) is 0 Å². The van der Waals surface area contributed by atoms with Crippen LogP contribution in [0.1, 0.15) is 45.4 Å². The van der Waals surface area contributed by atoms with Crippen LogP contribution in [-0.4, -0.2) is 42.5 Å². The molecule has 0 spiro atoms. The van der Waals surface area contributed by atoms with Gasteiger partial charge in [0.15, 0.2) is 0 Å². The number of carbonyl (C=O) groups excluding carboxylic acids is 1. The summed E-state index contributed by atoms with van der Waals surface area (Å²) in [4.78, 5) is 15.2. The molecule has 0 N–H and O–H groups in total. The summed E-state index contributed by atoms with van der Waals surface area (Å²) in [5.41, 5.74) is 0. The molecular formula is C12H24N2O. The molecule has 1 rings (SSSR count). The number of likely N-dealkylation sites (N-methyl/N-ethyl adjacent to an activating group) is 2. The fraction of sp³-hybridized carbons (Fsp3) is 0.917. The summed E-state index contributed by atoms with van der Waals surface area (Å²) in [7, 11) is 3.80. The zero-order valence-electron chi connectivity index (χ0n) is 10.3. The summed E-state index contributed by atoms with van der Waals surface area (Å²) in [5.74, 6) is 0. The molecule has 1 aliphatic rings. The van der Waals surface area contributed by atoms with Crippen LogP contribution in [0.25, 0.3) is 0 Å². The Hall–Kier alpha value is -0.730. The standard InChI is InChI=1S/C12H24N2O/c1-4-5-6-7-8-9-11-10-13(2)12(15)14(11)3/h11H,4-10H2,1-3H3. The van der Waals surface area contributed by atoms with Crippen LogP contribution in [0.3, 0.4) is 0 Å². The van der Waals surface area contributed by atoms with E-state index in [0.29, 0.717) is 6.04 Å². The maximum absolute atomic E-state index is 11.5. The van der Waals surface area contributed by atoms with Crippen molar-refractivity contribution in [1.29, 1.82) is 0 Å². The number of hydrogen-bond acceptors (Lipinski definition) is 1. The lowest BCUT2D eigenvalue weighted by Gasteiger charge is -2.17. The highest BCUT2D eigenvalue weighted by Gasteiger charge is 2.31. The molecule has 88 valence electrons. The molecule has 2 amide bonds. The van der Waals surface area contributed by atoms with Crippen LogP contribution in [0.15, 0.2) is 0 Å². The number of rotatable bonds is 6. The van der Waals surface area contributed by atoms with Gasteiger partial charge in [-0.1, -0.05) is 39.0 Å². The number of nitrogens with zero attached hydrogens (tertiary/aromatic N) is 2. The van der Waals surface area contributed by atoms with Gasteiger partial charge in [-0.15, -0.1) is 0 Å². The molecule has 1 saturated heterocycles. The molecule has 3 nitrogen and oxygen atoms in total. The van der Waals surface area contributed by atoms with Gasteiger partial charge in [-0.3, -0.25) is 0 Å². The second-order valence-electron chi connectivity index (χ2n) is 4.63. The van der Waals surface area contributed by atoms with Crippen molar-refractivity contribution in [2.75, 3.05) is 20.6 Å². The molecule has 1 atom stereocenters.